The van der Waals surface area contributed by atoms with Crippen LogP contribution in [-0.2, 0) is 11.2 Å². The first-order chi connectivity index (χ1) is 19.0. The van der Waals surface area contributed by atoms with Crippen molar-refractivity contribution in [1.29, 1.82) is 0 Å². The number of benzene rings is 2. The van der Waals surface area contributed by atoms with E-state index in [9.17, 15) is 22.8 Å². The number of hydrogen-bond donors (Lipinski definition) is 3. The molecule has 0 atom stereocenters. The number of nitrogens with one attached hydrogen (secondary N) is 2. The summed E-state index contributed by atoms with van der Waals surface area (Å²) < 4.78 is 53.7. The van der Waals surface area contributed by atoms with Crippen molar-refractivity contribution in [2.75, 3.05) is 32.6 Å². The Bertz CT molecular complexity index is 1370. The molecule has 0 aromatic heterocycles. The molecule has 40 heavy (non-hydrogen) atoms. The highest BCUT2D eigenvalue weighted by Crippen LogP contribution is 2.34. The number of allylic oxidation sites excluding steroid dienone is 1. The Hall–Kier alpha value is -3.46. The third kappa shape index (κ3) is 7.81. The molecule has 9 nitrogen and oxygen atoms in total. The third-order valence-corrected chi connectivity index (χ3v) is 8.28. The van der Waals surface area contributed by atoms with Gasteiger partial charge in [0.2, 0.25) is 11.8 Å². The van der Waals surface area contributed by atoms with E-state index in [1.165, 1.54) is 19.2 Å². The van der Waals surface area contributed by atoms with Crippen LogP contribution in [0.5, 0.6) is 11.5 Å². The fraction of sp³-hybridized carbons (Fsp3) is 0.333. The number of nitrogens with two attached hydrogens (primary N) is 1. The number of anilines is 1. The van der Waals surface area contributed by atoms with Gasteiger partial charge >= 0.3 is 6.18 Å². The van der Waals surface area contributed by atoms with Crippen LogP contribution in [0.2, 0.25) is 0 Å². The van der Waals surface area contributed by atoms with E-state index < -0.39 is 44.3 Å². The van der Waals surface area contributed by atoms with Crippen molar-refractivity contribution in [2.24, 2.45) is 10.7 Å². The number of aliphatic imine (C=N–C) groups is 1. The summed E-state index contributed by atoms with van der Waals surface area (Å²) in [6, 6.07) is 11.0. The van der Waals surface area contributed by atoms with Crippen molar-refractivity contribution in [3.05, 3.63) is 65.0 Å². The molecule has 2 aromatic carbocycles. The zero-order valence-electron chi connectivity index (χ0n) is 21.8. The summed E-state index contributed by atoms with van der Waals surface area (Å²) in [5.41, 5.74) is 5.60. The van der Waals surface area contributed by atoms with Gasteiger partial charge in [-0.3, -0.25) is 9.59 Å². The molecule has 1 saturated heterocycles. The van der Waals surface area contributed by atoms with Crippen LogP contribution < -0.4 is 25.8 Å². The number of halogens is 4. The number of carbonyl (C=O) groups excluding carboxylic acids is 2. The number of carbonyl (C=O) groups is 2. The molecule has 2 aliphatic rings. The van der Waals surface area contributed by atoms with Crippen molar-refractivity contribution in [2.45, 2.75) is 31.5 Å². The third-order valence-electron chi connectivity index (χ3n) is 6.25. The van der Waals surface area contributed by atoms with E-state index in [0.717, 1.165) is 29.9 Å². The van der Waals surface area contributed by atoms with Gasteiger partial charge in [0.25, 0.3) is 5.91 Å². The van der Waals surface area contributed by atoms with Crippen molar-refractivity contribution in [3.63, 3.8) is 0 Å². The largest absolute Gasteiger partial charge is 0.495 e. The van der Waals surface area contributed by atoms with E-state index >= 15 is 0 Å². The molecule has 214 valence electrons. The predicted octanol–water partition coefficient (Wildman–Crippen LogP) is 3.95. The molecule has 0 saturated carbocycles. The van der Waals surface area contributed by atoms with Gasteiger partial charge in [0.15, 0.2) is 3.84 Å². The van der Waals surface area contributed by atoms with Crippen molar-refractivity contribution >= 4 is 46.1 Å². The standard InChI is InChI=1S/C27H29F3IN5O4/c1-36-10-8-18(9-11-36)33-24(38)17-6-7-21(22(14-17)39-2)34-26-31-15-20(27(28,29)30)25(35-26)40-19-5-3-4-16(12-19)13-23(32)37/h3-7,12,14-15,18H,8-11,13H2,1-2H3,(H2,32,37)(H,33,38)(H,34,35). The van der Waals surface area contributed by atoms with Crippen LogP contribution in [0.25, 0.3) is 0 Å². The Labute approximate surface area is 239 Å². The van der Waals surface area contributed by atoms with Gasteiger partial charge in [0.05, 0.1) is 19.2 Å². The molecule has 2 amide bonds. The highest BCUT2D eigenvalue weighted by atomic mass is 127. The number of amides is 2. The molecule has 1 fully saturated rings. The maximum absolute atomic E-state index is 13.8. The lowest BCUT2D eigenvalue weighted by atomic mass is 10.0. The Morgan fingerprint density at radius 3 is 2.60 bits per heavy atom. The minimum Gasteiger partial charge on any atom is -0.495 e. The molecular formula is C27H29F3IN5O4. The molecule has 0 unspecified atom stereocenters. The number of rotatable bonds is 8. The monoisotopic (exact) mass is 671 g/mol. The first-order valence-electron chi connectivity index (χ1n) is 12.4. The summed E-state index contributed by atoms with van der Waals surface area (Å²) in [5.74, 6) is -0.987. The normalized spacial score (nSPS) is 16.6. The van der Waals surface area contributed by atoms with Crippen LogP contribution in [-0.4, -0.2) is 64.0 Å². The molecule has 0 bridgehead atoms. The number of likely N-dealkylation sites (tertiary alicyclic amines) is 1. The Kier molecular flexibility index (Phi) is 9.45. The maximum atomic E-state index is 13.8. The molecule has 2 aliphatic heterocycles. The second-order valence-electron chi connectivity index (χ2n) is 9.32. The lowest BCUT2D eigenvalue weighted by molar-refractivity contribution is -0.117. The topological polar surface area (TPSA) is 118 Å². The van der Waals surface area contributed by atoms with E-state index in [1.54, 1.807) is 30.3 Å². The van der Waals surface area contributed by atoms with E-state index in [-0.39, 0.29) is 28.0 Å². The van der Waals surface area contributed by atoms with Gasteiger partial charge < -0.3 is 30.7 Å². The van der Waals surface area contributed by atoms with E-state index in [4.69, 9.17) is 15.2 Å². The van der Waals surface area contributed by atoms with Crippen molar-refractivity contribution in [1.82, 2.24) is 10.2 Å². The first kappa shape index (κ1) is 29.5. The number of hydrogen-bond acceptors (Lipinski definition) is 7. The van der Waals surface area contributed by atoms with E-state index in [2.05, 4.69) is 20.5 Å². The zero-order valence-corrected chi connectivity index (χ0v) is 24.0. The van der Waals surface area contributed by atoms with E-state index in [0.29, 0.717) is 22.6 Å². The second-order valence-corrected chi connectivity index (χ2v) is 11.6. The summed E-state index contributed by atoms with van der Waals surface area (Å²) >= 11 is -1.30. The summed E-state index contributed by atoms with van der Waals surface area (Å²) in [6.07, 6.45) is -3.02. The first-order valence-corrected chi connectivity index (χ1v) is 14.7. The lowest BCUT2D eigenvalue weighted by Crippen LogP contribution is -2.43. The Morgan fingerprint density at radius 1 is 1.18 bits per heavy atom. The zero-order chi connectivity index (χ0) is 28.9. The highest BCUT2D eigenvalue weighted by Gasteiger charge is 2.38. The van der Waals surface area contributed by atoms with Crippen LogP contribution in [0, 0.1) is 0 Å². The highest BCUT2D eigenvalue weighted by molar-refractivity contribution is 14.2. The molecule has 0 radical (unpaired) electrons. The summed E-state index contributed by atoms with van der Waals surface area (Å²) in [6.45, 7) is 1.82. The molecule has 2 heterocycles. The fourth-order valence-electron chi connectivity index (χ4n) is 4.14. The molecule has 4 rings (SSSR count). The minimum atomic E-state index is -4.67. The van der Waals surface area contributed by atoms with Crippen molar-refractivity contribution < 1.29 is 32.2 Å². The summed E-state index contributed by atoms with van der Waals surface area (Å²) in [4.78, 5) is 30.4. The van der Waals surface area contributed by atoms with Gasteiger partial charge in [-0.2, -0.15) is 18.2 Å². The van der Waals surface area contributed by atoms with Crippen LogP contribution in [0.4, 0.5) is 18.9 Å². The molecular weight excluding hydrogens is 642 g/mol. The van der Waals surface area contributed by atoms with Gasteiger partial charge in [-0.1, -0.05) is 12.1 Å². The fourth-order valence-corrected chi connectivity index (χ4v) is 6.17. The smallest absolute Gasteiger partial charge is 0.422 e. The maximum Gasteiger partial charge on any atom is 0.422 e. The Morgan fingerprint density at radius 2 is 1.93 bits per heavy atom. The van der Waals surface area contributed by atoms with Gasteiger partial charge in [-0.25, -0.2) is 0 Å². The average molecular weight is 671 g/mol. The number of amidine groups is 1. The van der Waals surface area contributed by atoms with Crippen LogP contribution in [0.1, 0.15) is 28.8 Å². The number of piperidine rings is 1. The number of ether oxygens (including phenoxy) is 2. The average Bonchev–Trinajstić information content (AvgIpc) is 2.89. The van der Waals surface area contributed by atoms with Gasteiger partial charge in [0.1, 0.15) is 17.1 Å². The molecule has 0 aliphatic carbocycles. The summed E-state index contributed by atoms with van der Waals surface area (Å²) in [7, 11) is 3.49. The van der Waals surface area contributed by atoms with Gasteiger partial charge in [-0.15, -0.1) is 0 Å². The van der Waals surface area contributed by atoms with Crippen LogP contribution in [0.3, 0.4) is 0 Å². The number of nitrogens with zero attached hydrogens (tertiary/aromatic N) is 2. The summed E-state index contributed by atoms with van der Waals surface area (Å²) in [5, 5.41) is 6.09. The van der Waals surface area contributed by atoms with Gasteiger partial charge in [0, 0.05) is 11.6 Å². The quantitative estimate of drug-likeness (QED) is 0.289. The molecule has 13 heteroatoms. The van der Waals surface area contributed by atoms with Gasteiger partial charge in [-0.05, 0) is 93.6 Å². The molecule has 0 spiro atoms. The molecule has 2 aromatic rings. The van der Waals surface area contributed by atoms with E-state index in [1.807, 2.05) is 7.05 Å². The predicted molar refractivity (Wildman–Crippen MR) is 155 cm³/mol. The van der Waals surface area contributed by atoms with Crippen LogP contribution in [0.15, 0.2) is 58.9 Å². The molecule has 4 N–H and O–H groups in total. The Balaban J connectivity index is 1.53. The van der Waals surface area contributed by atoms with Crippen molar-refractivity contribution in [3.8, 4) is 11.5 Å². The second kappa shape index (κ2) is 12.8. The SMILES string of the molecule is COc1cc(C(=O)NC2CCN(C)CC2)ccc1NC1=NC(Oc2cccc(CC(N)=O)c2)=C(C(F)(F)F)C=I1. The lowest BCUT2D eigenvalue weighted by Gasteiger charge is -2.29. The number of alkyl halides is 3. The van der Waals surface area contributed by atoms with Crippen LogP contribution >= 0.6 is 20.7 Å². The number of primary amides is 1. The minimum absolute atomic E-state index is 0.0815. The number of methoxy groups -OCH3 is 1.